The molecular formula is C19H22F3NO5. The van der Waals surface area contributed by atoms with Crippen molar-refractivity contribution in [2.75, 3.05) is 13.2 Å². The summed E-state index contributed by atoms with van der Waals surface area (Å²) < 4.78 is 42.8. The van der Waals surface area contributed by atoms with Crippen LogP contribution in [0.3, 0.4) is 0 Å². The van der Waals surface area contributed by atoms with Crippen molar-refractivity contribution in [3.63, 3.8) is 0 Å². The predicted octanol–water partition coefficient (Wildman–Crippen LogP) is 3.53. The smallest absolute Gasteiger partial charge is 0.416 e. The summed E-state index contributed by atoms with van der Waals surface area (Å²) in [6.45, 7) is 1.92. The number of alkyl halides is 3. The van der Waals surface area contributed by atoms with Gasteiger partial charge in [0.05, 0.1) is 12.2 Å². The zero-order valence-corrected chi connectivity index (χ0v) is 15.4. The summed E-state index contributed by atoms with van der Waals surface area (Å²) in [5.41, 5.74) is -0.236. The number of hydrogen-bond donors (Lipinski definition) is 1. The molecule has 1 aromatic rings. The van der Waals surface area contributed by atoms with Gasteiger partial charge in [0.2, 0.25) is 0 Å². The summed E-state index contributed by atoms with van der Waals surface area (Å²) in [5.74, 6) is -1.41. The fourth-order valence-electron chi connectivity index (χ4n) is 3.39. The van der Waals surface area contributed by atoms with Gasteiger partial charge in [0.1, 0.15) is 12.2 Å². The van der Waals surface area contributed by atoms with Gasteiger partial charge in [0.25, 0.3) is 0 Å². The lowest BCUT2D eigenvalue weighted by Crippen LogP contribution is -2.48. The minimum atomic E-state index is -4.44. The highest BCUT2D eigenvalue weighted by molar-refractivity contribution is 5.96. The molecule has 28 heavy (non-hydrogen) atoms. The summed E-state index contributed by atoms with van der Waals surface area (Å²) in [4.78, 5) is 36.5. The first kappa shape index (κ1) is 21.7. The van der Waals surface area contributed by atoms with Gasteiger partial charge in [-0.05, 0) is 43.9 Å². The molecule has 0 saturated carbocycles. The van der Waals surface area contributed by atoms with Crippen LogP contribution in [0.25, 0.3) is 0 Å². The van der Waals surface area contributed by atoms with Gasteiger partial charge in [-0.2, -0.15) is 13.2 Å². The molecule has 1 fully saturated rings. The number of nitrogens with zero attached hydrogens (tertiary/aromatic N) is 1. The molecule has 0 aromatic heterocycles. The second-order valence-corrected chi connectivity index (χ2v) is 6.70. The maximum absolute atomic E-state index is 12.7. The molecule has 1 heterocycles. The quantitative estimate of drug-likeness (QED) is 0.582. The third-order valence-electron chi connectivity index (χ3n) is 4.79. The highest BCUT2D eigenvalue weighted by Crippen LogP contribution is 2.31. The first-order chi connectivity index (χ1) is 13.1. The maximum atomic E-state index is 12.7. The van der Waals surface area contributed by atoms with E-state index >= 15 is 0 Å². The minimum absolute atomic E-state index is 0.125. The van der Waals surface area contributed by atoms with Crippen molar-refractivity contribution in [2.45, 2.75) is 44.8 Å². The average molecular weight is 401 g/mol. The molecule has 1 aromatic carbocycles. The summed E-state index contributed by atoms with van der Waals surface area (Å²) >= 11 is 0. The summed E-state index contributed by atoms with van der Waals surface area (Å²) in [6, 6.07) is 3.97. The maximum Gasteiger partial charge on any atom is 0.416 e. The Morgan fingerprint density at radius 2 is 1.86 bits per heavy atom. The van der Waals surface area contributed by atoms with E-state index in [4.69, 9.17) is 4.74 Å². The van der Waals surface area contributed by atoms with E-state index in [-0.39, 0.29) is 38.2 Å². The van der Waals surface area contributed by atoms with E-state index in [1.165, 1.54) is 17.0 Å². The second kappa shape index (κ2) is 9.07. The van der Waals surface area contributed by atoms with Crippen LogP contribution in [-0.4, -0.2) is 47.0 Å². The van der Waals surface area contributed by atoms with Crippen molar-refractivity contribution in [1.29, 1.82) is 0 Å². The number of carbonyl (C=O) groups is 3. The lowest BCUT2D eigenvalue weighted by molar-refractivity contribution is -0.146. The summed E-state index contributed by atoms with van der Waals surface area (Å²) in [7, 11) is 0. The van der Waals surface area contributed by atoms with Crippen LogP contribution in [0.5, 0.6) is 0 Å². The van der Waals surface area contributed by atoms with E-state index < -0.39 is 35.8 Å². The van der Waals surface area contributed by atoms with E-state index in [9.17, 15) is 32.7 Å². The third-order valence-corrected chi connectivity index (χ3v) is 4.79. The Morgan fingerprint density at radius 3 is 2.39 bits per heavy atom. The molecule has 154 valence electrons. The van der Waals surface area contributed by atoms with Crippen LogP contribution in [-0.2, 0) is 26.9 Å². The van der Waals surface area contributed by atoms with E-state index in [0.717, 1.165) is 12.1 Å². The average Bonchev–Trinajstić information content (AvgIpc) is 2.61. The number of Topliss-reactive ketones (excluding diaryl/α,β-unsaturated/α-hetero) is 1. The van der Waals surface area contributed by atoms with Crippen molar-refractivity contribution in [3.8, 4) is 0 Å². The summed E-state index contributed by atoms with van der Waals surface area (Å²) in [5, 5.41) is 9.40. The number of carbonyl (C=O) groups excluding carboxylic acids is 2. The van der Waals surface area contributed by atoms with Gasteiger partial charge < -0.3 is 14.7 Å². The molecule has 0 spiro atoms. The third kappa shape index (κ3) is 5.71. The number of piperidine rings is 1. The number of rotatable bonds is 6. The van der Waals surface area contributed by atoms with Crippen molar-refractivity contribution in [1.82, 2.24) is 4.90 Å². The van der Waals surface area contributed by atoms with Gasteiger partial charge in [-0.15, -0.1) is 0 Å². The molecular weight excluding hydrogens is 379 g/mol. The van der Waals surface area contributed by atoms with Crippen LogP contribution in [0.15, 0.2) is 24.3 Å². The molecule has 2 atom stereocenters. The van der Waals surface area contributed by atoms with E-state index in [1.54, 1.807) is 6.92 Å². The highest BCUT2D eigenvalue weighted by atomic mass is 19.4. The largest absolute Gasteiger partial charge is 0.466 e. The Bertz CT molecular complexity index is 717. The van der Waals surface area contributed by atoms with Crippen molar-refractivity contribution >= 4 is 17.8 Å². The van der Waals surface area contributed by atoms with Gasteiger partial charge >= 0.3 is 18.2 Å². The molecule has 0 bridgehead atoms. The van der Waals surface area contributed by atoms with Crippen LogP contribution in [0.2, 0.25) is 0 Å². The first-order valence-electron chi connectivity index (χ1n) is 8.95. The minimum Gasteiger partial charge on any atom is -0.466 e. The number of halogens is 3. The Balaban J connectivity index is 2.08. The number of esters is 1. The highest BCUT2D eigenvalue weighted by Gasteiger charge is 2.35. The van der Waals surface area contributed by atoms with Crippen LogP contribution >= 0.6 is 0 Å². The van der Waals surface area contributed by atoms with Gasteiger partial charge in [0, 0.05) is 18.5 Å². The Hall–Kier alpha value is -2.58. The number of ketones is 1. The standard InChI is InChI=1S/C19H22F3NO5/c1-2-28-17(25)11-16(24)13-7-8-23(18(26)27)15(10-13)9-12-3-5-14(6-4-12)19(20,21)22/h3-6,13,15H,2,7-11H2,1H3,(H,26,27). The molecule has 0 radical (unpaired) electrons. The Labute approximate surface area is 160 Å². The fraction of sp³-hybridized carbons (Fsp3) is 0.526. The molecule has 1 amide bonds. The van der Waals surface area contributed by atoms with E-state index in [0.29, 0.717) is 12.0 Å². The molecule has 0 aliphatic carbocycles. The van der Waals surface area contributed by atoms with Crippen LogP contribution in [0.1, 0.15) is 37.3 Å². The Kier molecular flexibility index (Phi) is 7.04. The van der Waals surface area contributed by atoms with Crippen molar-refractivity contribution in [2.24, 2.45) is 5.92 Å². The molecule has 1 aliphatic heterocycles. The topological polar surface area (TPSA) is 83.9 Å². The molecule has 1 N–H and O–H groups in total. The number of amides is 1. The van der Waals surface area contributed by atoms with E-state index in [1.807, 2.05) is 0 Å². The lowest BCUT2D eigenvalue weighted by Gasteiger charge is -2.37. The van der Waals surface area contributed by atoms with Gasteiger partial charge in [-0.25, -0.2) is 4.79 Å². The molecule has 2 unspecified atom stereocenters. The monoisotopic (exact) mass is 401 g/mol. The predicted molar refractivity (Wildman–Crippen MR) is 92.6 cm³/mol. The van der Waals surface area contributed by atoms with Crippen LogP contribution in [0.4, 0.5) is 18.0 Å². The molecule has 1 saturated heterocycles. The zero-order chi connectivity index (χ0) is 20.9. The first-order valence-corrected chi connectivity index (χ1v) is 8.95. The number of hydrogen-bond acceptors (Lipinski definition) is 4. The number of likely N-dealkylation sites (tertiary alicyclic amines) is 1. The van der Waals surface area contributed by atoms with Crippen molar-refractivity contribution in [3.05, 3.63) is 35.4 Å². The number of carboxylic acid groups (broad SMARTS) is 1. The van der Waals surface area contributed by atoms with Crippen LogP contribution in [0, 0.1) is 5.92 Å². The molecule has 1 aliphatic rings. The zero-order valence-electron chi connectivity index (χ0n) is 15.4. The van der Waals surface area contributed by atoms with Gasteiger partial charge in [-0.3, -0.25) is 9.59 Å². The van der Waals surface area contributed by atoms with Crippen molar-refractivity contribution < 1.29 is 37.4 Å². The molecule has 9 heteroatoms. The van der Waals surface area contributed by atoms with Gasteiger partial charge in [-0.1, -0.05) is 12.1 Å². The van der Waals surface area contributed by atoms with Gasteiger partial charge in [0.15, 0.2) is 0 Å². The molecule has 2 rings (SSSR count). The Morgan fingerprint density at radius 1 is 1.21 bits per heavy atom. The normalized spacial score (nSPS) is 19.9. The molecule has 6 nitrogen and oxygen atoms in total. The van der Waals surface area contributed by atoms with E-state index in [2.05, 4.69) is 0 Å². The number of benzene rings is 1. The number of ether oxygens (including phenoxy) is 1. The SMILES string of the molecule is CCOC(=O)CC(=O)C1CCN(C(=O)O)C(Cc2ccc(C(F)(F)F)cc2)C1. The second-order valence-electron chi connectivity index (χ2n) is 6.70. The summed E-state index contributed by atoms with van der Waals surface area (Å²) in [6.07, 6.45) is -5.25. The fourth-order valence-corrected chi connectivity index (χ4v) is 3.39. The lowest BCUT2D eigenvalue weighted by atomic mass is 9.84. The van der Waals surface area contributed by atoms with Crippen LogP contribution < -0.4 is 0 Å².